The summed E-state index contributed by atoms with van der Waals surface area (Å²) in [6.07, 6.45) is 1.57. The number of hydrogen-bond donors (Lipinski definition) is 5. The molecule has 2 aromatic rings. The molecule has 168 valence electrons. The van der Waals surface area contributed by atoms with Gasteiger partial charge in [0.25, 0.3) is 0 Å². The Morgan fingerprint density at radius 1 is 0.839 bits per heavy atom. The Bertz CT molecular complexity index is 861. The summed E-state index contributed by atoms with van der Waals surface area (Å²) >= 11 is 3.50. The predicted octanol–water partition coefficient (Wildman–Crippen LogP) is 0.416. The predicted molar refractivity (Wildman–Crippen MR) is 128 cm³/mol. The van der Waals surface area contributed by atoms with Gasteiger partial charge in [0.05, 0.1) is 0 Å². The first-order valence-corrected chi connectivity index (χ1v) is 11.4. The van der Waals surface area contributed by atoms with Crippen molar-refractivity contribution in [3.05, 3.63) is 28.2 Å². The lowest BCUT2D eigenvalue weighted by molar-refractivity contribution is 0.441. The van der Waals surface area contributed by atoms with E-state index in [0.717, 1.165) is 28.6 Å². The van der Waals surface area contributed by atoms with E-state index in [1.165, 1.54) is 0 Å². The third-order valence-corrected chi connectivity index (χ3v) is 6.14. The normalized spacial score (nSPS) is 26.8. The number of benzene rings is 1. The van der Waals surface area contributed by atoms with E-state index in [-0.39, 0.29) is 24.2 Å². The average molecular weight is 491 g/mol. The van der Waals surface area contributed by atoms with Crippen molar-refractivity contribution in [3.63, 3.8) is 0 Å². The second-order valence-corrected chi connectivity index (χ2v) is 9.58. The fraction of sp³-hybridized carbons (Fsp3) is 0.550. The standard InChI is InChI=1S/C20H31BrN10/c1-11-4-12(21)2-3-17(11)26-18-27-19(30-7-13(22)5-14(23)8-30)29-20(28-18)31-9-15(24)6-16(25)10-31/h2-4,13-16H,5-10,22-25H2,1H3,(H,26,27,28,29). The van der Waals surface area contributed by atoms with E-state index in [9.17, 15) is 0 Å². The quantitative estimate of drug-likeness (QED) is 0.405. The van der Waals surface area contributed by atoms with Crippen molar-refractivity contribution >= 4 is 39.5 Å². The molecule has 2 aliphatic rings. The molecule has 31 heavy (non-hydrogen) atoms. The zero-order chi connectivity index (χ0) is 22.1. The van der Waals surface area contributed by atoms with Crippen LogP contribution in [0.4, 0.5) is 23.5 Å². The molecule has 4 atom stereocenters. The fourth-order valence-corrected chi connectivity index (χ4v) is 4.74. The number of halogens is 1. The molecule has 10 nitrogen and oxygen atoms in total. The second kappa shape index (κ2) is 9.21. The number of anilines is 4. The molecule has 4 unspecified atom stereocenters. The highest BCUT2D eigenvalue weighted by atomic mass is 79.9. The molecule has 0 radical (unpaired) electrons. The van der Waals surface area contributed by atoms with E-state index < -0.39 is 0 Å². The molecular formula is C20H31BrN10. The molecule has 9 N–H and O–H groups in total. The van der Waals surface area contributed by atoms with Crippen LogP contribution in [0.3, 0.4) is 0 Å². The number of aromatic nitrogens is 3. The lowest BCUT2D eigenvalue weighted by atomic mass is 10.0. The van der Waals surface area contributed by atoms with Crippen LogP contribution in [0.5, 0.6) is 0 Å². The summed E-state index contributed by atoms with van der Waals surface area (Å²) in [4.78, 5) is 18.2. The van der Waals surface area contributed by atoms with Crippen LogP contribution in [0.15, 0.2) is 22.7 Å². The zero-order valence-electron chi connectivity index (χ0n) is 17.7. The maximum absolute atomic E-state index is 6.21. The summed E-state index contributed by atoms with van der Waals surface area (Å²) in [5.41, 5.74) is 26.8. The van der Waals surface area contributed by atoms with Gasteiger partial charge < -0.3 is 38.1 Å². The van der Waals surface area contributed by atoms with E-state index in [1.54, 1.807) is 0 Å². The number of piperidine rings is 2. The first-order valence-electron chi connectivity index (χ1n) is 10.6. The van der Waals surface area contributed by atoms with E-state index >= 15 is 0 Å². The largest absolute Gasteiger partial charge is 0.338 e. The van der Waals surface area contributed by atoms with Crippen LogP contribution < -0.4 is 38.1 Å². The van der Waals surface area contributed by atoms with Crippen LogP contribution in [0.1, 0.15) is 18.4 Å². The Morgan fingerprint density at radius 2 is 1.32 bits per heavy atom. The van der Waals surface area contributed by atoms with Crippen LogP contribution >= 0.6 is 15.9 Å². The summed E-state index contributed by atoms with van der Waals surface area (Å²) in [7, 11) is 0. The molecule has 2 saturated heterocycles. The third-order valence-electron chi connectivity index (χ3n) is 5.64. The van der Waals surface area contributed by atoms with Crippen molar-refractivity contribution in [3.8, 4) is 0 Å². The molecular weight excluding hydrogens is 460 g/mol. The number of aryl methyl sites for hydroxylation is 1. The molecule has 1 aromatic carbocycles. The first kappa shape index (κ1) is 22.2. The molecule has 3 heterocycles. The monoisotopic (exact) mass is 490 g/mol. The van der Waals surface area contributed by atoms with Crippen LogP contribution in [0.2, 0.25) is 0 Å². The number of hydrogen-bond acceptors (Lipinski definition) is 10. The van der Waals surface area contributed by atoms with E-state index in [1.807, 2.05) is 34.9 Å². The summed E-state index contributed by atoms with van der Waals surface area (Å²) in [6.45, 7) is 4.61. The van der Waals surface area contributed by atoms with E-state index in [0.29, 0.717) is 44.0 Å². The molecule has 0 spiro atoms. The lowest BCUT2D eigenvalue weighted by Gasteiger charge is -2.37. The van der Waals surface area contributed by atoms with Gasteiger partial charge in [-0.3, -0.25) is 0 Å². The van der Waals surface area contributed by atoms with Gasteiger partial charge in [0, 0.05) is 60.5 Å². The molecule has 0 aliphatic carbocycles. The highest BCUT2D eigenvalue weighted by molar-refractivity contribution is 9.10. The maximum Gasteiger partial charge on any atom is 0.233 e. The van der Waals surface area contributed by atoms with Crippen LogP contribution in [-0.4, -0.2) is 65.3 Å². The number of rotatable bonds is 4. The summed E-state index contributed by atoms with van der Waals surface area (Å²) < 4.78 is 1.01. The van der Waals surface area contributed by atoms with Crippen LogP contribution in [0, 0.1) is 6.92 Å². The Kier molecular flexibility index (Phi) is 6.58. The summed E-state index contributed by atoms with van der Waals surface area (Å²) in [5, 5.41) is 3.34. The lowest BCUT2D eigenvalue weighted by Crippen LogP contribution is -2.54. The van der Waals surface area contributed by atoms with Gasteiger partial charge in [0.15, 0.2) is 0 Å². The van der Waals surface area contributed by atoms with Gasteiger partial charge in [-0.15, -0.1) is 0 Å². The Labute approximate surface area is 190 Å². The van der Waals surface area contributed by atoms with E-state index in [2.05, 4.69) is 21.2 Å². The third kappa shape index (κ3) is 5.42. The number of nitrogens with one attached hydrogen (secondary N) is 1. The van der Waals surface area contributed by atoms with Crippen molar-refractivity contribution in [1.29, 1.82) is 0 Å². The zero-order valence-corrected chi connectivity index (χ0v) is 19.3. The molecule has 2 fully saturated rings. The van der Waals surface area contributed by atoms with Crippen molar-refractivity contribution in [2.45, 2.75) is 43.9 Å². The van der Waals surface area contributed by atoms with Crippen molar-refractivity contribution in [2.24, 2.45) is 22.9 Å². The van der Waals surface area contributed by atoms with Crippen molar-refractivity contribution in [1.82, 2.24) is 15.0 Å². The second-order valence-electron chi connectivity index (χ2n) is 8.66. The van der Waals surface area contributed by atoms with Gasteiger partial charge >= 0.3 is 0 Å². The van der Waals surface area contributed by atoms with Gasteiger partial charge in [-0.05, 0) is 43.5 Å². The fourth-order valence-electron chi connectivity index (χ4n) is 4.26. The molecule has 0 bridgehead atoms. The number of nitrogens with two attached hydrogens (primary N) is 4. The van der Waals surface area contributed by atoms with Crippen molar-refractivity contribution in [2.75, 3.05) is 41.3 Å². The molecule has 4 rings (SSSR count). The summed E-state index contributed by atoms with van der Waals surface area (Å²) in [6, 6.07) is 5.91. The molecule has 2 aliphatic heterocycles. The van der Waals surface area contributed by atoms with Gasteiger partial charge in [-0.2, -0.15) is 15.0 Å². The Balaban J connectivity index is 1.69. The van der Waals surface area contributed by atoms with Crippen molar-refractivity contribution < 1.29 is 0 Å². The Morgan fingerprint density at radius 3 is 1.77 bits per heavy atom. The molecule has 0 saturated carbocycles. The SMILES string of the molecule is Cc1cc(Br)ccc1Nc1nc(N2CC(N)CC(N)C2)nc(N2CC(N)CC(N)C2)n1. The minimum Gasteiger partial charge on any atom is -0.338 e. The van der Waals surface area contributed by atoms with E-state index in [4.69, 9.17) is 37.9 Å². The molecule has 11 heteroatoms. The van der Waals surface area contributed by atoms with Crippen LogP contribution in [0.25, 0.3) is 0 Å². The smallest absolute Gasteiger partial charge is 0.233 e. The highest BCUT2D eigenvalue weighted by Crippen LogP contribution is 2.26. The highest BCUT2D eigenvalue weighted by Gasteiger charge is 2.28. The summed E-state index contributed by atoms with van der Waals surface area (Å²) in [5.74, 6) is 1.58. The first-order chi connectivity index (χ1) is 14.8. The molecule has 1 aromatic heterocycles. The Hall–Kier alpha value is -2.05. The maximum atomic E-state index is 6.21. The van der Waals surface area contributed by atoms with Gasteiger partial charge in [0.2, 0.25) is 17.8 Å². The topological polar surface area (TPSA) is 161 Å². The van der Waals surface area contributed by atoms with Gasteiger partial charge in [0.1, 0.15) is 0 Å². The van der Waals surface area contributed by atoms with Gasteiger partial charge in [-0.1, -0.05) is 15.9 Å². The average Bonchev–Trinajstić information content (AvgIpc) is 2.68. The minimum atomic E-state index is -0.0223. The number of nitrogens with zero attached hydrogens (tertiary/aromatic N) is 5. The minimum absolute atomic E-state index is 0.0223. The van der Waals surface area contributed by atoms with Crippen LogP contribution in [-0.2, 0) is 0 Å². The molecule has 0 amide bonds. The van der Waals surface area contributed by atoms with Gasteiger partial charge in [-0.25, -0.2) is 0 Å².